The standard InChI is InChI=1S/C11H16ClNOS2/c1-8(10-2-3-11(12)15-10)13-9-4-6-16(14)7-5-9/h2-3,8-9,13H,4-7H2,1H3. The van der Waals surface area contributed by atoms with Gasteiger partial charge >= 0.3 is 0 Å². The van der Waals surface area contributed by atoms with Crippen molar-refractivity contribution in [2.75, 3.05) is 11.5 Å². The van der Waals surface area contributed by atoms with E-state index in [1.165, 1.54) is 4.88 Å². The minimum absolute atomic E-state index is 0.342. The van der Waals surface area contributed by atoms with Crippen LogP contribution in [0.15, 0.2) is 12.1 Å². The smallest absolute Gasteiger partial charge is 0.0931 e. The van der Waals surface area contributed by atoms with Crippen molar-refractivity contribution in [3.8, 4) is 0 Å². The van der Waals surface area contributed by atoms with Gasteiger partial charge in [0.05, 0.1) is 4.34 Å². The van der Waals surface area contributed by atoms with Crippen LogP contribution in [0.25, 0.3) is 0 Å². The number of nitrogens with one attached hydrogen (secondary N) is 1. The highest BCUT2D eigenvalue weighted by Crippen LogP contribution is 2.27. The van der Waals surface area contributed by atoms with Gasteiger partial charge in [-0.3, -0.25) is 4.21 Å². The Balaban J connectivity index is 1.87. The second kappa shape index (κ2) is 5.63. The average Bonchev–Trinajstić information content (AvgIpc) is 2.68. The second-order valence-corrected chi connectivity index (χ2v) is 7.60. The number of halogens is 1. The van der Waals surface area contributed by atoms with Gasteiger partial charge in [0.15, 0.2) is 0 Å². The maximum absolute atomic E-state index is 11.2. The molecule has 0 amide bonds. The van der Waals surface area contributed by atoms with Gasteiger partial charge < -0.3 is 5.32 Å². The molecule has 1 saturated heterocycles. The minimum Gasteiger partial charge on any atom is -0.307 e. The van der Waals surface area contributed by atoms with Crippen LogP contribution in [0.4, 0.5) is 0 Å². The van der Waals surface area contributed by atoms with Crippen LogP contribution in [-0.4, -0.2) is 21.8 Å². The molecule has 2 nitrogen and oxygen atoms in total. The molecule has 90 valence electrons. The Hall–Kier alpha value is 0.1000. The van der Waals surface area contributed by atoms with Crippen molar-refractivity contribution < 1.29 is 4.21 Å². The summed E-state index contributed by atoms with van der Waals surface area (Å²) >= 11 is 7.54. The highest BCUT2D eigenvalue weighted by atomic mass is 35.5. The van der Waals surface area contributed by atoms with Crippen molar-refractivity contribution in [1.29, 1.82) is 0 Å². The van der Waals surface area contributed by atoms with E-state index in [0.29, 0.717) is 12.1 Å². The third kappa shape index (κ3) is 3.29. The average molecular weight is 278 g/mol. The first kappa shape index (κ1) is 12.6. The van der Waals surface area contributed by atoms with Crippen molar-refractivity contribution in [2.24, 2.45) is 0 Å². The van der Waals surface area contributed by atoms with E-state index >= 15 is 0 Å². The van der Waals surface area contributed by atoms with Crippen LogP contribution < -0.4 is 5.32 Å². The summed E-state index contributed by atoms with van der Waals surface area (Å²) < 4.78 is 12.1. The first-order chi connectivity index (χ1) is 7.65. The van der Waals surface area contributed by atoms with Gasteiger partial charge in [0.1, 0.15) is 0 Å². The van der Waals surface area contributed by atoms with E-state index < -0.39 is 10.8 Å². The molecule has 16 heavy (non-hydrogen) atoms. The molecule has 0 aliphatic carbocycles. The lowest BCUT2D eigenvalue weighted by atomic mass is 10.1. The van der Waals surface area contributed by atoms with E-state index in [1.807, 2.05) is 6.07 Å². The van der Waals surface area contributed by atoms with Gasteiger partial charge in [-0.05, 0) is 31.9 Å². The molecule has 0 spiro atoms. The van der Waals surface area contributed by atoms with Crippen LogP contribution in [-0.2, 0) is 10.8 Å². The van der Waals surface area contributed by atoms with Crippen LogP contribution in [0.3, 0.4) is 0 Å². The molecule has 1 unspecified atom stereocenters. The molecule has 1 aliphatic rings. The van der Waals surface area contributed by atoms with Crippen LogP contribution in [0, 0.1) is 0 Å². The topological polar surface area (TPSA) is 29.1 Å². The Morgan fingerprint density at radius 1 is 1.50 bits per heavy atom. The summed E-state index contributed by atoms with van der Waals surface area (Å²) in [5.41, 5.74) is 0. The quantitative estimate of drug-likeness (QED) is 0.920. The first-order valence-corrected chi connectivity index (χ1v) is 8.19. The van der Waals surface area contributed by atoms with E-state index in [4.69, 9.17) is 11.6 Å². The zero-order valence-electron chi connectivity index (χ0n) is 9.24. The molecular weight excluding hydrogens is 262 g/mol. The molecule has 1 atom stereocenters. The van der Waals surface area contributed by atoms with Crippen LogP contribution in [0.5, 0.6) is 0 Å². The molecule has 5 heteroatoms. The summed E-state index contributed by atoms with van der Waals surface area (Å²) in [5.74, 6) is 1.69. The largest absolute Gasteiger partial charge is 0.307 e. The predicted octanol–water partition coefficient (Wildman–Crippen LogP) is 2.96. The van der Waals surface area contributed by atoms with Gasteiger partial charge in [-0.2, -0.15) is 0 Å². The molecule has 1 aromatic heterocycles. The summed E-state index contributed by atoms with van der Waals surface area (Å²) in [4.78, 5) is 1.27. The van der Waals surface area contributed by atoms with Crippen LogP contribution in [0.1, 0.15) is 30.7 Å². The molecule has 1 fully saturated rings. The first-order valence-electron chi connectivity index (χ1n) is 5.51. The van der Waals surface area contributed by atoms with Crippen molar-refractivity contribution in [1.82, 2.24) is 5.32 Å². The lowest BCUT2D eigenvalue weighted by molar-refractivity contribution is 0.430. The summed E-state index contributed by atoms with van der Waals surface area (Å²) in [5, 5.41) is 3.59. The fourth-order valence-corrected chi connectivity index (χ4v) is 4.33. The molecule has 0 aromatic carbocycles. The van der Waals surface area contributed by atoms with Crippen LogP contribution >= 0.6 is 22.9 Å². The van der Waals surface area contributed by atoms with Gasteiger partial charge in [0, 0.05) is 39.3 Å². The molecule has 2 heterocycles. The number of hydrogen-bond acceptors (Lipinski definition) is 3. The van der Waals surface area contributed by atoms with Gasteiger partial charge in [-0.25, -0.2) is 0 Å². The van der Waals surface area contributed by atoms with Gasteiger partial charge in [-0.1, -0.05) is 11.6 Å². The lowest BCUT2D eigenvalue weighted by Crippen LogP contribution is -2.36. The summed E-state index contributed by atoms with van der Waals surface area (Å²) in [7, 11) is -0.575. The summed E-state index contributed by atoms with van der Waals surface area (Å²) in [6.07, 6.45) is 2.05. The Bertz CT molecular complexity index is 370. The monoisotopic (exact) mass is 277 g/mol. The van der Waals surface area contributed by atoms with Gasteiger partial charge in [0.25, 0.3) is 0 Å². The maximum Gasteiger partial charge on any atom is 0.0931 e. The third-order valence-corrected chi connectivity index (χ3v) is 5.69. The third-order valence-electron chi connectivity index (χ3n) is 2.89. The predicted molar refractivity (Wildman–Crippen MR) is 71.8 cm³/mol. The SMILES string of the molecule is CC(NC1CCS(=O)CC1)c1ccc(Cl)s1. The van der Waals surface area contributed by atoms with Crippen molar-refractivity contribution in [3.63, 3.8) is 0 Å². The van der Waals surface area contributed by atoms with Crippen LogP contribution in [0.2, 0.25) is 4.34 Å². The van der Waals surface area contributed by atoms with Crippen molar-refractivity contribution in [2.45, 2.75) is 31.8 Å². The highest BCUT2D eigenvalue weighted by Gasteiger charge is 2.20. The zero-order chi connectivity index (χ0) is 11.5. The molecule has 1 N–H and O–H groups in total. The lowest BCUT2D eigenvalue weighted by Gasteiger charge is -2.25. The molecule has 1 aromatic rings. The molecule has 0 saturated carbocycles. The second-order valence-electron chi connectivity index (χ2n) is 4.15. The molecule has 0 radical (unpaired) electrons. The summed E-state index contributed by atoms with van der Waals surface area (Å²) in [6, 6.07) is 4.86. The highest BCUT2D eigenvalue weighted by molar-refractivity contribution is 7.85. The van der Waals surface area contributed by atoms with E-state index in [0.717, 1.165) is 28.7 Å². The van der Waals surface area contributed by atoms with E-state index in [9.17, 15) is 4.21 Å². The zero-order valence-corrected chi connectivity index (χ0v) is 11.6. The van der Waals surface area contributed by atoms with E-state index in [1.54, 1.807) is 11.3 Å². The number of thiophene rings is 1. The van der Waals surface area contributed by atoms with E-state index in [2.05, 4.69) is 18.3 Å². The molecule has 2 rings (SSSR count). The normalized spacial score (nSPS) is 27.9. The molecule has 0 bridgehead atoms. The Labute approximate surface area is 108 Å². The summed E-state index contributed by atoms with van der Waals surface area (Å²) in [6.45, 7) is 2.16. The Morgan fingerprint density at radius 3 is 2.75 bits per heavy atom. The molecular formula is C11H16ClNOS2. The molecule has 1 aliphatic heterocycles. The fraction of sp³-hybridized carbons (Fsp3) is 0.636. The maximum atomic E-state index is 11.2. The Morgan fingerprint density at radius 2 is 2.19 bits per heavy atom. The van der Waals surface area contributed by atoms with Gasteiger partial charge in [0.2, 0.25) is 0 Å². The number of rotatable bonds is 3. The number of hydrogen-bond donors (Lipinski definition) is 1. The van der Waals surface area contributed by atoms with Crippen molar-refractivity contribution in [3.05, 3.63) is 21.3 Å². The Kier molecular flexibility index (Phi) is 4.41. The van der Waals surface area contributed by atoms with Crippen molar-refractivity contribution >= 4 is 33.7 Å². The fourth-order valence-electron chi connectivity index (χ4n) is 1.96. The van der Waals surface area contributed by atoms with Gasteiger partial charge in [-0.15, -0.1) is 11.3 Å². The van der Waals surface area contributed by atoms with E-state index in [-0.39, 0.29) is 0 Å². The minimum atomic E-state index is -0.575.